The summed E-state index contributed by atoms with van der Waals surface area (Å²) < 4.78 is 5.20. The van der Waals surface area contributed by atoms with Crippen molar-refractivity contribution in [2.45, 2.75) is 45.2 Å². The maximum Gasteiger partial charge on any atom is 0.238 e. The lowest BCUT2D eigenvalue weighted by Gasteiger charge is -2.38. The minimum absolute atomic E-state index is 0.239. The Kier molecular flexibility index (Phi) is 6.23. The van der Waals surface area contributed by atoms with Gasteiger partial charge in [0.05, 0.1) is 0 Å². The molecule has 1 aliphatic rings. The Morgan fingerprint density at radius 3 is 2.47 bits per heavy atom. The van der Waals surface area contributed by atoms with Crippen LogP contribution in [0.5, 0.6) is 0 Å². The van der Waals surface area contributed by atoms with E-state index in [4.69, 9.17) is 10.5 Å². The fourth-order valence-electron chi connectivity index (χ4n) is 2.83. The monoisotopic (exact) mass is 271 g/mol. The van der Waals surface area contributed by atoms with Gasteiger partial charge in [-0.2, -0.15) is 0 Å². The van der Waals surface area contributed by atoms with Gasteiger partial charge in [-0.3, -0.25) is 4.79 Å². The smallest absolute Gasteiger partial charge is 0.238 e. The lowest BCUT2D eigenvalue weighted by molar-refractivity contribution is -0.125. The lowest BCUT2D eigenvalue weighted by Crippen LogP contribution is -2.62. The van der Waals surface area contributed by atoms with E-state index >= 15 is 0 Å². The number of hydrogen-bond acceptors (Lipinski definition) is 4. The first-order valence-electron chi connectivity index (χ1n) is 7.16. The number of amides is 1. The number of carbonyl (C=O) groups excluding carboxylic acids is 1. The Morgan fingerprint density at radius 1 is 1.47 bits per heavy atom. The minimum Gasteiger partial charge on any atom is -0.384 e. The standard InChI is InChI=1S/C14H29N3O2/c1-11(2)16-14(3,13(15)18)10-17-7-5-12(6-8-17)9-19-4/h11-12,16H,5-10H2,1-4H3,(H2,15,18). The van der Waals surface area contributed by atoms with Crippen LogP contribution in [0.4, 0.5) is 0 Å². The van der Waals surface area contributed by atoms with Crippen molar-refractivity contribution in [2.75, 3.05) is 33.4 Å². The summed E-state index contributed by atoms with van der Waals surface area (Å²) in [5.74, 6) is 0.374. The molecule has 5 nitrogen and oxygen atoms in total. The molecular formula is C14H29N3O2. The van der Waals surface area contributed by atoms with Crippen molar-refractivity contribution < 1.29 is 9.53 Å². The molecule has 1 rings (SSSR count). The van der Waals surface area contributed by atoms with Crippen molar-refractivity contribution >= 4 is 5.91 Å². The Bertz CT molecular complexity index is 288. The molecule has 0 saturated carbocycles. The van der Waals surface area contributed by atoms with E-state index in [1.54, 1.807) is 7.11 Å². The Morgan fingerprint density at radius 2 is 2.05 bits per heavy atom. The Balaban J connectivity index is 2.50. The third-order valence-corrected chi connectivity index (χ3v) is 3.80. The van der Waals surface area contributed by atoms with E-state index in [1.807, 2.05) is 20.8 Å². The Labute approximate surface area is 116 Å². The van der Waals surface area contributed by atoms with Crippen LogP contribution >= 0.6 is 0 Å². The molecule has 19 heavy (non-hydrogen) atoms. The average molecular weight is 271 g/mol. The number of methoxy groups -OCH3 is 1. The van der Waals surface area contributed by atoms with Gasteiger partial charge in [0.2, 0.25) is 5.91 Å². The SMILES string of the molecule is COCC1CCN(CC(C)(NC(C)C)C(N)=O)CC1. The molecule has 1 unspecified atom stereocenters. The van der Waals surface area contributed by atoms with Crippen molar-refractivity contribution in [1.82, 2.24) is 10.2 Å². The van der Waals surface area contributed by atoms with E-state index < -0.39 is 5.54 Å². The summed E-state index contributed by atoms with van der Waals surface area (Å²) in [5, 5.41) is 3.30. The molecule has 0 spiro atoms. The second-order valence-corrected chi connectivity index (χ2v) is 6.17. The molecule has 0 bridgehead atoms. The van der Waals surface area contributed by atoms with E-state index in [1.165, 1.54) is 0 Å². The highest BCUT2D eigenvalue weighted by atomic mass is 16.5. The first-order valence-corrected chi connectivity index (χ1v) is 7.16. The highest BCUT2D eigenvalue weighted by Gasteiger charge is 2.34. The number of ether oxygens (including phenoxy) is 1. The number of nitrogens with two attached hydrogens (primary N) is 1. The normalized spacial score (nSPS) is 21.5. The largest absolute Gasteiger partial charge is 0.384 e. The van der Waals surface area contributed by atoms with E-state index in [0.29, 0.717) is 12.5 Å². The van der Waals surface area contributed by atoms with Crippen LogP contribution in [0, 0.1) is 5.92 Å². The summed E-state index contributed by atoms with van der Waals surface area (Å²) in [6.07, 6.45) is 2.26. The van der Waals surface area contributed by atoms with Gasteiger partial charge in [0.15, 0.2) is 0 Å². The van der Waals surface area contributed by atoms with Gasteiger partial charge in [-0.25, -0.2) is 0 Å². The maximum atomic E-state index is 11.7. The van der Waals surface area contributed by atoms with Crippen LogP contribution in [-0.2, 0) is 9.53 Å². The molecule has 0 aromatic carbocycles. The number of rotatable bonds is 7. The predicted molar refractivity (Wildman–Crippen MR) is 76.9 cm³/mol. The fraction of sp³-hybridized carbons (Fsp3) is 0.929. The Hall–Kier alpha value is -0.650. The van der Waals surface area contributed by atoms with Crippen molar-refractivity contribution in [2.24, 2.45) is 11.7 Å². The van der Waals surface area contributed by atoms with Crippen LogP contribution < -0.4 is 11.1 Å². The first kappa shape index (κ1) is 16.4. The van der Waals surface area contributed by atoms with Gasteiger partial charge in [-0.15, -0.1) is 0 Å². The summed E-state index contributed by atoms with van der Waals surface area (Å²) in [5.41, 5.74) is 4.91. The molecule has 1 fully saturated rings. The fourth-order valence-corrected chi connectivity index (χ4v) is 2.83. The molecule has 0 radical (unpaired) electrons. The molecule has 0 aromatic heterocycles. The van der Waals surface area contributed by atoms with E-state index in [0.717, 1.165) is 32.5 Å². The topological polar surface area (TPSA) is 67.6 Å². The quantitative estimate of drug-likeness (QED) is 0.711. The van der Waals surface area contributed by atoms with Gasteiger partial charge in [-0.05, 0) is 52.6 Å². The van der Waals surface area contributed by atoms with E-state index in [9.17, 15) is 4.79 Å². The van der Waals surface area contributed by atoms with Gasteiger partial charge in [0, 0.05) is 26.3 Å². The van der Waals surface area contributed by atoms with Crippen molar-refractivity contribution in [3.63, 3.8) is 0 Å². The summed E-state index contributed by atoms with van der Waals surface area (Å²) in [6, 6.07) is 0.239. The number of nitrogens with one attached hydrogen (secondary N) is 1. The first-order chi connectivity index (χ1) is 8.87. The molecule has 0 aliphatic carbocycles. The van der Waals surface area contributed by atoms with Crippen LogP contribution in [0.15, 0.2) is 0 Å². The third kappa shape index (κ3) is 5.09. The molecule has 112 valence electrons. The summed E-state index contributed by atoms with van der Waals surface area (Å²) >= 11 is 0. The maximum absolute atomic E-state index is 11.7. The van der Waals surface area contributed by atoms with Gasteiger partial charge in [-0.1, -0.05) is 0 Å². The molecule has 1 saturated heterocycles. The van der Waals surface area contributed by atoms with Gasteiger partial charge in [0.25, 0.3) is 0 Å². The molecule has 1 atom stereocenters. The van der Waals surface area contributed by atoms with E-state index in [-0.39, 0.29) is 11.9 Å². The number of hydrogen-bond donors (Lipinski definition) is 2. The number of carbonyl (C=O) groups is 1. The second-order valence-electron chi connectivity index (χ2n) is 6.17. The highest BCUT2D eigenvalue weighted by Crippen LogP contribution is 2.19. The number of likely N-dealkylation sites (tertiary alicyclic amines) is 1. The summed E-state index contributed by atoms with van der Waals surface area (Å²) in [4.78, 5) is 14.0. The van der Waals surface area contributed by atoms with E-state index in [2.05, 4.69) is 10.2 Å². The number of piperidine rings is 1. The molecule has 0 aromatic rings. The zero-order valence-electron chi connectivity index (χ0n) is 12.7. The van der Waals surface area contributed by atoms with Crippen LogP contribution in [0.3, 0.4) is 0 Å². The van der Waals surface area contributed by atoms with Crippen LogP contribution in [0.1, 0.15) is 33.6 Å². The highest BCUT2D eigenvalue weighted by molar-refractivity contribution is 5.84. The molecule has 3 N–H and O–H groups in total. The zero-order valence-corrected chi connectivity index (χ0v) is 12.7. The lowest BCUT2D eigenvalue weighted by atomic mass is 9.94. The van der Waals surface area contributed by atoms with Crippen LogP contribution in [-0.4, -0.2) is 55.7 Å². The van der Waals surface area contributed by atoms with Crippen molar-refractivity contribution in [3.8, 4) is 0 Å². The van der Waals surface area contributed by atoms with Gasteiger partial charge >= 0.3 is 0 Å². The molecular weight excluding hydrogens is 242 g/mol. The van der Waals surface area contributed by atoms with Crippen molar-refractivity contribution in [3.05, 3.63) is 0 Å². The van der Waals surface area contributed by atoms with Crippen LogP contribution in [0.2, 0.25) is 0 Å². The second kappa shape index (κ2) is 7.22. The molecule has 1 aliphatic heterocycles. The number of primary amides is 1. The van der Waals surface area contributed by atoms with Gasteiger partial charge < -0.3 is 20.7 Å². The average Bonchev–Trinajstić information content (AvgIpc) is 2.31. The third-order valence-electron chi connectivity index (χ3n) is 3.80. The molecule has 1 heterocycles. The summed E-state index contributed by atoms with van der Waals surface area (Å²) in [6.45, 7) is 9.51. The molecule has 5 heteroatoms. The predicted octanol–water partition coefficient (Wildman–Crippen LogP) is 0.587. The zero-order chi connectivity index (χ0) is 14.5. The molecule has 1 amide bonds. The van der Waals surface area contributed by atoms with Crippen LogP contribution in [0.25, 0.3) is 0 Å². The number of nitrogens with zero attached hydrogens (tertiary/aromatic N) is 1. The minimum atomic E-state index is -0.651. The summed E-state index contributed by atoms with van der Waals surface area (Å²) in [7, 11) is 1.75. The van der Waals surface area contributed by atoms with Crippen molar-refractivity contribution in [1.29, 1.82) is 0 Å². The van der Waals surface area contributed by atoms with Gasteiger partial charge in [0.1, 0.15) is 5.54 Å².